The SMILES string of the molecule is [2H]C([2H])(C)c1cc(-c2[c-]cccc2)ncc1-c1ccccc1.[Ir+3].[c-]1ccccc1-c1ccccn1.[c-]1ccccc1-c1ccccn1. The molecule has 0 saturated carbocycles. The second-order valence-corrected chi connectivity index (χ2v) is 9.49. The van der Waals surface area contributed by atoms with E-state index >= 15 is 0 Å². The van der Waals surface area contributed by atoms with E-state index in [1.807, 2.05) is 146 Å². The smallest absolute Gasteiger partial charge is 0.305 e. The first-order valence-corrected chi connectivity index (χ1v) is 14.3. The molecule has 220 valence electrons. The normalized spacial score (nSPS) is 10.8. The summed E-state index contributed by atoms with van der Waals surface area (Å²) < 4.78 is 16.3. The second kappa shape index (κ2) is 17.9. The van der Waals surface area contributed by atoms with Crippen molar-refractivity contribution < 1.29 is 22.8 Å². The van der Waals surface area contributed by atoms with Crippen LogP contribution < -0.4 is 0 Å². The molecule has 0 saturated heterocycles. The third-order valence-corrected chi connectivity index (χ3v) is 6.54. The minimum atomic E-state index is -1.45. The Balaban J connectivity index is 0.000000170. The van der Waals surface area contributed by atoms with Crippen LogP contribution in [0.3, 0.4) is 0 Å². The van der Waals surface area contributed by atoms with E-state index in [0.29, 0.717) is 5.56 Å². The molecule has 3 heterocycles. The molecule has 0 unspecified atom stereocenters. The third-order valence-electron chi connectivity index (χ3n) is 6.54. The Morgan fingerprint density at radius 1 is 0.533 bits per heavy atom. The van der Waals surface area contributed by atoms with Gasteiger partial charge in [-0.05, 0) is 46.7 Å². The van der Waals surface area contributed by atoms with Crippen LogP contribution in [-0.4, -0.2) is 15.0 Å². The van der Waals surface area contributed by atoms with Crippen molar-refractivity contribution in [2.24, 2.45) is 0 Å². The number of benzene rings is 4. The van der Waals surface area contributed by atoms with E-state index in [-0.39, 0.29) is 20.1 Å². The standard InChI is InChI=1S/C19H16N.2C11H8N.Ir/c1-2-15-13-19(17-11-7-4-8-12-17)20-14-18(15)16-9-5-3-6-10-16;2*1-2-6-10(7-3-1)11-8-4-5-9-12-11;/h3-11,13-14H,2H2,1H3;2*1-6,8-9H;/q3*-1;+3/i2D2;;;. The Morgan fingerprint density at radius 2 is 1.00 bits per heavy atom. The molecular formula is C41H32IrN3. The van der Waals surface area contributed by atoms with Crippen LogP contribution >= 0.6 is 0 Å². The first kappa shape index (κ1) is 30.0. The van der Waals surface area contributed by atoms with Crippen LogP contribution in [-0.2, 0) is 26.5 Å². The summed E-state index contributed by atoms with van der Waals surface area (Å²) in [7, 11) is 0. The average molecular weight is 761 g/mol. The Kier molecular flexibility index (Phi) is 12.0. The van der Waals surface area contributed by atoms with Crippen LogP contribution in [0.5, 0.6) is 0 Å². The molecule has 45 heavy (non-hydrogen) atoms. The summed E-state index contributed by atoms with van der Waals surface area (Å²) in [5, 5.41) is 0. The van der Waals surface area contributed by atoms with E-state index in [1.165, 1.54) is 0 Å². The minimum Gasteiger partial charge on any atom is -0.305 e. The fraction of sp³-hybridized carbons (Fsp3) is 0.0488. The van der Waals surface area contributed by atoms with Crippen molar-refractivity contribution in [3.63, 3.8) is 0 Å². The molecule has 7 aromatic rings. The van der Waals surface area contributed by atoms with Gasteiger partial charge in [-0.1, -0.05) is 67.6 Å². The Hall–Kier alpha value is -5.02. The summed E-state index contributed by atoms with van der Waals surface area (Å²) in [6.45, 7) is 1.58. The fourth-order valence-electron chi connectivity index (χ4n) is 4.36. The molecule has 3 aromatic heterocycles. The second-order valence-electron chi connectivity index (χ2n) is 9.49. The van der Waals surface area contributed by atoms with Gasteiger partial charge in [-0.25, -0.2) is 0 Å². The number of aromatic nitrogens is 3. The summed E-state index contributed by atoms with van der Waals surface area (Å²) in [6.07, 6.45) is 3.88. The van der Waals surface area contributed by atoms with Crippen molar-refractivity contribution >= 4 is 0 Å². The third kappa shape index (κ3) is 9.74. The molecule has 0 spiro atoms. The molecular weight excluding hydrogens is 727 g/mol. The molecule has 0 radical (unpaired) electrons. The first-order chi connectivity index (χ1) is 22.5. The maximum Gasteiger partial charge on any atom is 3.00 e. The van der Waals surface area contributed by atoms with Gasteiger partial charge in [0.25, 0.3) is 0 Å². The molecule has 3 nitrogen and oxygen atoms in total. The summed E-state index contributed by atoms with van der Waals surface area (Å²) in [5.41, 5.74) is 8.06. The maximum atomic E-state index is 8.15. The van der Waals surface area contributed by atoms with Gasteiger partial charge in [0.05, 0.1) is 0 Å². The van der Waals surface area contributed by atoms with Gasteiger partial charge in [-0.15, -0.1) is 108 Å². The Bertz CT molecular complexity index is 1740. The number of aryl methyl sites for hydroxylation is 1. The van der Waals surface area contributed by atoms with Crippen molar-refractivity contribution in [1.29, 1.82) is 0 Å². The summed E-state index contributed by atoms with van der Waals surface area (Å²) in [4.78, 5) is 12.9. The average Bonchev–Trinajstić information content (AvgIpc) is 3.14. The Labute approximate surface area is 282 Å². The van der Waals surface area contributed by atoms with Gasteiger partial charge < -0.3 is 15.0 Å². The van der Waals surface area contributed by atoms with Crippen LogP contribution in [0, 0.1) is 18.2 Å². The van der Waals surface area contributed by atoms with Crippen LogP contribution in [0.1, 0.15) is 15.2 Å². The molecule has 0 atom stereocenters. The van der Waals surface area contributed by atoms with E-state index in [2.05, 4.69) is 33.2 Å². The molecule has 4 aromatic carbocycles. The zero-order valence-electron chi connectivity index (χ0n) is 26.8. The number of hydrogen-bond donors (Lipinski definition) is 0. The Morgan fingerprint density at radius 3 is 1.42 bits per heavy atom. The van der Waals surface area contributed by atoms with Crippen molar-refractivity contribution in [3.8, 4) is 44.9 Å². The molecule has 4 heteroatoms. The monoisotopic (exact) mass is 761 g/mol. The number of rotatable bonds is 5. The van der Waals surface area contributed by atoms with Gasteiger partial charge >= 0.3 is 20.1 Å². The first-order valence-electron chi connectivity index (χ1n) is 15.3. The molecule has 0 amide bonds. The zero-order valence-corrected chi connectivity index (χ0v) is 27.2. The van der Waals surface area contributed by atoms with E-state index in [1.54, 1.807) is 25.5 Å². The molecule has 0 N–H and O–H groups in total. The van der Waals surface area contributed by atoms with Crippen molar-refractivity contribution in [1.82, 2.24) is 15.0 Å². The van der Waals surface area contributed by atoms with Gasteiger partial charge in [0.2, 0.25) is 0 Å². The predicted octanol–water partition coefficient (Wildman–Crippen LogP) is 9.87. The van der Waals surface area contributed by atoms with Crippen molar-refractivity contribution in [3.05, 3.63) is 188 Å². The molecule has 0 bridgehead atoms. The largest absolute Gasteiger partial charge is 3.00 e. The number of pyridine rings is 3. The molecule has 0 aliphatic carbocycles. The van der Waals surface area contributed by atoms with E-state index in [0.717, 1.165) is 44.9 Å². The van der Waals surface area contributed by atoms with Crippen molar-refractivity contribution in [2.45, 2.75) is 13.3 Å². The van der Waals surface area contributed by atoms with Crippen LogP contribution in [0.15, 0.2) is 164 Å². The summed E-state index contributed by atoms with van der Waals surface area (Å²) in [5.74, 6) is 0. The van der Waals surface area contributed by atoms with Crippen LogP contribution in [0.4, 0.5) is 0 Å². The van der Waals surface area contributed by atoms with Crippen LogP contribution in [0.2, 0.25) is 0 Å². The van der Waals surface area contributed by atoms with Gasteiger partial charge in [-0.3, -0.25) is 0 Å². The molecule has 7 rings (SSSR count). The molecule has 0 aliphatic rings. The topological polar surface area (TPSA) is 38.7 Å². The van der Waals surface area contributed by atoms with Crippen molar-refractivity contribution in [2.75, 3.05) is 0 Å². The quantitative estimate of drug-likeness (QED) is 0.164. The van der Waals surface area contributed by atoms with Gasteiger partial charge in [0, 0.05) is 26.9 Å². The minimum absolute atomic E-state index is 0. The summed E-state index contributed by atoms with van der Waals surface area (Å²) in [6, 6.07) is 56.0. The molecule has 0 aliphatic heterocycles. The van der Waals surface area contributed by atoms with E-state index < -0.39 is 6.37 Å². The zero-order chi connectivity index (χ0) is 32.0. The predicted molar refractivity (Wildman–Crippen MR) is 180 cm³/mol. The maximum absolute atomic E-state index is 8.15. The number of hydrogen-bond acceptors (Lipinski definition) is 3. The molecule has 0 fully saturated rings. The van der Waals surface area contributed by atoms with Gasteiger partial charge in [-0.2, -0.15) is 0 Å². The van der Waals surface area contributed by atoms with Crippen LogP contribution in [0.25, 0.3) is 44.9 Å². The fourth-order valence-corrected chi connectivity index (χ4v) is 4.36. The van der Waals surface area contributed by atoms with E-state index in [4.69, 9.17) is 2.74 Å². The van der Waals surface area contributed by atoms with E-state index in [9.17, 15) is 0 Å². The summed E-state index contributed by atoms with van der Waals surface area (Å²) >= 11 is 0. The van der Waals surface area contributed by atoms with Gasteiger partial charge in [0.1, 0.15) is 0 Å². The van der Waals surface area contributed by atoms with Gasteiger partial charge in [0.15, 0.2) is 0 Å². The number of nitrogens with zero attached hydrogens (tertiary/aromatic N) is 3.